The molecule has 1 aliphatic heterocycles. The lowest BCUT2D eigenvalue weighted by atomic mass is 9.88. The van der Waals surface area contributed by atoms with Crippen molar-refractivity contribution in [3.63, 3.8) is 0 Å². The molecule has 0 atom stereocenters. The molecular weight excluding hydrogens is 244 g/mol. The first-order valence-corrected chi connectivity index (χ1v) is 6.89. The summed E-state index contributed by atoms with van der Waals surface area (Å²) in [6.07, 6.45) is 2.16. The number of nitrogens with zero attached hydrogens (tertiary/aromatic N) is 2. The summed E-state index contributed by atoms with van der Waals surface area (Å²) in [7, 11) is 0. The largest absolute Gasteiger partial charge is 0.435 e. The Labute approximate surface area is 112 Å². The number of oxazole rings is 1. The lowest BCUT2D eigenvalue weighted by Gasteiger charge is -2.46. The Bertz CT molecular complexity index is 511. The van der Waals surface area contributed by atoms with Crippen LogP contribution in [0.2, 0.25) is 0 Å². The van der Waals surface area contributed by atoms with Crippen LogP contribution in [0.15, 0.2) is 4.42 Å². The van der Waals surface area contributed by atoms with Gasteiger partial charge in [0.25, 0.3) is 5.91 Å². The van der Waals surface area contributed by atoms with Crippen LogP contribution in [0, 0.1) is 12.8 Å². The highest BCUT2D eigenvalue weighted by atomic mass is 16.4. The van der Waals surface area contributed by atoms with Crippen LogP contribution in [0.1, 0.15) is 54.7 Å². The average Bonchev–Trinajstić information content (AvgIpc) is 3.08. The topological polar surface area (TPSA) is 66.6 Å². The summed E-state index contributed by atoms with van der Waals surface area (Å²) in [5.41, 5.74) is -0.0136. The normalized spacial score (nSPS) is 21.6. The van der Waals surface area contributed by atoms with E-state index in [1.807, 2.05) is 13.8 Å². The summed E-state index contributed by atoms with van der Waals surface area (Å²) in [6.45, 7) is 6.60. The molecule has 0 radical (unpaired) electrons. The van der Waals surface area contributed by atoms with Crippen molar-refractivity contribution in [2.75, 3.05) is 13.1 Å². The van der Waals surface area contributed by atoms with E-state index in [4.69, 9.17) is 4.42 Å². The van der Waals surface area contributed by atoms with E-state index in [1.54, 1.807) is 11.8 Å². The van der Waals surface area contributed by atoms with Crippen molar-refractivity contribution in [3.05, 3.63) is 17.3 Å². The minimum atomic E-state index is -0.648. The van der Waals surface area contributed by atoms with Crippen LogP contribution in [0.4, 0.5) is 0 Å². The maximum atomic E-state index is 12.3. The standard InChI is InChI=1S/C14H20N2O3/c1-8(2)12-15-9(3)11(19-12)13(17)16-6-14(18,7-16)10-4-5-10/h8,10,18H,4-7H2,1-3H3. The van der Waals surface area contributed by atoms with E-state index < -0.39 is 5.60 Å². The molecule has 1 saturated heterocycles. The van der Waals surface area contributed by atoms with E-state index in [9.17, 15) is 9.90 Å². The highest BCUT2D eigenvalue weighted by molar-refractivity contribution is 5.93. The van der Waals surface area contributed by atoms with Crippen molar-refractivity contribution in [1.82, 2.24) is 9.88 Å². The van der Waals surface area contributed by atoms with Gasteiger partial charge in [-0.15, -0.1) is 0 Å². The van der Waals surface area contributed by atoms with Gasteiger partial charge in [-0.2, -0.15) is 0 Å². The molecule has 0 bridgehead atoms. The van der Waals surface area contributed by atoms with Gasteiger partial charge >= 0.3 is 0 Å². The Hall–Kier alpha value is -1.36. The molecule has 5 nitrogen and oxygen atoms in total. The molecule has 2 aliphatic rings. The maximum Gasteiger partial charge on any atom is 0.291 e. The molecule has 1 aromatic rings. The lowest BCUT2D eigenvalue weighted by Crippen LogP contribution is -2.64. The minimum absolute atomic E-state index is 0.151. The van der Waals surface area contributed by atoms with Gasteiger partial charge < -0.3 is 14.4 Å². The number of hydrogen-bond acceptors (Lipinski definition) is 4. The second-order valence-electron chi connectivity index (χ2n) is 6.16. The Morgan fingerprint density at radius 2 is 2.11 bits per heavy atom. The van der Waals surface area contributed by atoms with Gasteiger partial charge in [0.05, 0.1) is 18.8 Å². The number of amides is 1. The van der Waals surface area contributed by atoms with Crippen molar-refractivity contribution < 1.29 is 14.3 Å². The number of likely N-dealkylation sites (tertiary alicyclic amines) is 1. The molecule has 1 amide bonds. The third-order valence-electron chi connectivity index (χ3n) is 4.06. The van der Waals surface area contributed by atoms with Crippen molar-refractivity contribution in [2.24, 2.45) is 5.92 Å². The molecule has 0 aromatic carbocycles. The van der Waals surface area contributed by atoms with Gasteiger partial charge in [0.2, 0.25) is 5.76 Å². The van der Waals surface area contributed by atoms with Crippen LogP contribution in [0.25, 0.3) is 0 Å². The molecular formula is C14H20N2O3. The number of aryl methyl sites for hydroxylation is 1. The molecule has 5 heteroatoms. The Morgan fingerprint density at radius 1 is 1.47 bits per heavy atom. The first kappa shape index (κ1) is 12.7. The van der Waals surface area contributed by atoms with Gasteiger partial charge in [0.1, 0.15) is 5.60 Å². The summed E-state index contributed by atoms with van der Waals surface area (Å²) < 4.78 is 5.55. The van der Waals surface area contributed by atoms with E-state index in [1.165, 1.54) is 0 Å². The van der Waals surface area contributed by atoms with E-state index in [2.05, 4.69) is 4.98 Å². The number of aliphatic hydroxyl groups is 1. The van der Waals surface area contributed by atoms with Crippen LogP contribution in [0.5, 0.6) is 0 Å². The van der Waals surface area contributed by atoms with Crippen LogP contribution >= 0.6 is 0 Å². The first-order chi connectivity index (χ1) is 8.90. The molecule has 2 fully saturated rings. The number of carbonyl (C=O) groups is 1. The fourth-order valence-electron chi connectivity index (χ4n) is 2.64. The Kier molecular flexibility index (Phi) is 2.71. The van der Waals surface area contributed by atoms with E-state index >= 15 is 0 Å². The smallest absolute Gasteiger partial charge is 0.291 e. The minimum Gasteiger partial charge on any atom is -0.435 e. The van der Waals surface area contributed by atoms with Gasteiger partial charge in [0.15, 0.2) is 5.89 Å². The second kappa shape index (κ2) is 4.07. The fourth-order valence-corrected chi connectivity index (χ4v) is 2.64. The summed E-state index contributed by atoms with van der Waals surface area (Å²) in [5.74, 6) is 1.32. The molecule has 3 rings (SSSR count). The van der Waals surface area contributed by atoms with Crippen molar-refractivity contribution in [3.8, 4) is 0 Å². The first-order valence-electron chi connectivity index (χ1n) is 6.89. The van der Waals surface area contributed by atoms with Crippen LogP contribution in [0.3, 0.4) is 0 Å². The number of carbonyl (C=O) groups excluding carboxylic acids is 1. The third-order valence-corrected chi connectivity index (χ3v) is 4.06. The highest BCUT2D eigenvalue weighted by Crippen LogP contribution is 2.44. The molecule has 1 N–H and O–H groups in total. The molecule has 1 saturated carbocycles. The molecule has 19 heavy (non-hydrogen) atoms. The van der Waals surface area contributed by atoms with E-state index in [-0.39, 0.29) is 11.8 Å². The molecule has 0 unspecified atom stereocenters. The number of β-amino-alcohol motifs (C(OH)–C–C–N with tert-alkyl or cyclic N) is 1. The van der Waals surface area contributed by atoms with Gasteiger partial charge in [-0.05, 0) is 25.7 Å². The second-order valence-corrected chi connectivity index (χ2v) is 6.16. The van der Waals surface area contributed by atoms with Crippen LogP contribution in [-0.4, -0.2) is 39.6 Å². The summed E-state index contributed by atoms with van der Waals surface area (Å²) in [5, 5.41) is 10.2. The van der Waals surface area contributed by atoms with Crippen molar-refractivity contribution in [1.29, 1.82) is 0 Å². The Morgan fingerprint density at radius 3 is 2.58 bits per heavy atom. The molecule has 2 heterocycles. The van der Waals surface area contributed by atoms with E-state index in [0.717, 1.165) is 12.8 Å². The Balaban J connectivity index is 1.71. The van der Waals surface area contributed by atoms with Gasteiger partial charge in [-0.25, -0.2) is 4.98 Å². The summed E-state index contributed by atoms with van der Waals surface area (Å²) >= 11 is 0. The number of hydrogen-bond donors (Lipinski definition) is 1. The third kappa shape index (κ3) is 2.06. The average molecular weight is 264 g/mol. The highest BCUT2D eigenvalue weighted by Gasteiger charge is 2.53. The summed E-state index contributed by atoms with van der Waals surface area (Å²) in [6, 6.07) is 0. The zero-order valence-corrected chi connectivity index (χ0v) is 11.6. The summed E-state index contributed by atoms with van der Waals surface area (Å²) in [4.78, 5) is 18.2. The monoisotopic (exact) mass is 264 g/mol. The molecule has 1 aromatic heterocycles. The zero-order chi connectivity index (χ0) is 13.8. The number of rotatable bonds is 3. The molecule has 0 spiro atoms. The predicted molar refractivity (Wildman–Crippen MR) is 68.9 cm³/mol. The van der Waals surface area contributed by atoms with Crippen LogP contribution < -0.4 is 0 Å². The predicted octanol–water partition coefficient (Wildman–Crippen LogP) is 1.70. The van der Waals surface area contributed by atoms with Gasteiger partial charge in [-0.3, -0.25) is 4.79 Å². The lowest BCUT2D eigenvalue weighted by molar-refractivity contribution is -0.0965. The quantitative estimate of drug-likeness (QED) is 0.902. The van der Waals surface area contributed by atoms with Crippen molar-refractivity contribution >= 4 is 5.91 Å². The maximum absolute atomic E-state index is 12.3. The SMILES string of the molecule is Cc1nc(C(C)C)oc1C(=O)N1CC(O)(C2CC2)C1. The van der Waals surface area contributed by atoms with Gasteiger partial charge in [0, 0.05) is 5.92 Å². The van der Waals surface area contributed by atoms with Crippen molar-refractivity contribution in [2.45, 2.75) is 45.1 Å². The zero-order valence-electron chi connectivity index (χ0n) is 11.6. The molecule has 104 valence electrons. The molecule has 1 aliphatic carbocycles. The number of aromatic nitrogens is 1. The fraction of sp³-hybridized carbons (Fsp3) is 0.714. The van der Waals surface area contributed by atoms with E-state index in [0.29, 0.717) is 36.4 Å². The van der Waals surface area contributed by atoms with Gasteiger partial charge in [-0.1, -0.05) is 13.8 Å². The van der Waals surface area contributed by atoms with Crippen LogP contribution in [-0.2, 0) is 0 Å².